The molecule has 0 radical (unpaired) electrons. The van der Waals surface area contributed by atoms with Crippen LogP contribution in [-0.4, -0.2) is 55.6 Å². The monoisotopic (exact) mass is 319 g/mol. The molecule has 0 spiro atoms. The van der Waals surface area contributed by atoms with Crippen LogP contribution in [0.25, 0.3) is 0 Å². The Morgan fingerprint density at radius 3 is 2.43 bits per heavy atom. The Bertz CT molecular complexity index is 673. The second-order valence-electron chi connectivity index (χ2n) is 6.26. The zero-order chi connectivity index (χ0) is 16.3. The Morgan fingerprint density at radius 2 is 1.91 bits per heavy atom. The molecule has 3 amide bonds. The van der Waals surface area contributed by atoms with E-state index in [4.69, 9.17) is 4.74 Å². The minimum atomic E-state index is -0.892. The van der Waals surface area contributed by atoms with Crippen molar-refractivity contribution in [3.8, 4) is 0 Å². The molecule has 5 unspecified atom stereocenters. The van der Waals surface area contributed by atoms with E-state index >= 15 is 0 Å². The third kappa shape index (κ3) is 1.92. The summed E-state index contributed by atoms with van der Waals surface area (Å²) < 4.78 is 7.08. The minimum Gasteiger partial charge on any atom is -0.373 e. The van der Waals surface area contributed by atoms with Gasteiger partial charge in [-0.3, -0.25) is 24.6 Å². The van der Waals surface area contributed by atoms with Gasteiger partial charge in [-0.25, -0.2) is 4.68 Å². The molecular weight excluding hydrogens is 302 g/mol. The summed E-state index contributed by atoms with van der Waals surface area (Å²) in [4.78, 5) is 42.6. The van der Waals surface area contributed by atoms with Gasteiger partial charge in [-0.1, -0.05) is 0 Å². The number of carbonyl (C=O) groups is 3. The molecule has 1 aromatic heterocycles. The van der Waals surface area contributed by atoms with Crippen molar-refractivity contribution < 1.29 is 19.1 Å². The minimum absolute atomic E-state index is 0.180. The summed E-state index contributed by atoms with van der Waals surface area (Å²) in [6, 6.07) is -0.892. The Labute approximate surface area is 132 Å². The average Bonchev–Trinajstić information content (AvgIpc) is 3.26. The lowest BCUT2D eigenvalue weighted by Gasteiger charge is -2.23. The maximum atomic E-state index is 12.6. The van der Waals surface area contributed by atoms with Crippen LogP contribution < -0.4 is 5.32 Å². The summed E-state index contributed by atoms with van der Waals surface area (Å²) in [6.07, 6.45) is 2.56. The maximum absolute atomic E-state index is 12.6. The summed E-state index contributed by atoms with van der Waals surface area (Å²) in [5, 5.41) is 6.44. The molecule has 2 bridgehead atoms. The summed E-state index contributed by atoms with van der Waals surface area (Å²) in [5.41, 5.74) is 0. The van der Waals surface area contributed by atoms with Crippen molar-refractivity contribution in [1.82, 2.24) is 19.7 Å². The maximum Gasteiger partial charge on any atom is 0.249 e. The van der Waals surface area contributed by atoms with Gasteiger partial charge in [-0.05, 0) is 19.8 Å². The fraction of sp³-hybridized carbons (Fsp3) is 0.643. The van der Waals surface area contributed by atoms with E-state index in [1.54, 1.807) is 14.0 Å². The number of hydrogen-bond acceptors (Lipinski definition) is 6. The van der Waals surface area contributed by atoms with Crippen LogP contribution in [0.3, 0.4) is 0 Å². The van der Waals surface area contributed by atoms with Gasteiger partial charge in [0, 0.05) is 7.05 Å². The fourth-order valence-corrected chi connectivity index (χ4v) is 3.86. The lowest BCUT2D eigenvalue weighted by molar-refractivity contribution is -0.148. The Balaban J connectivity index is 1.53. The summed E-state index contributed by atoms with van der Waals surface area (Å²) in [5.74, 6) is -1.64. The van der Waals surface area contributed by atoms with Crippen molar-refractivity contribution in [3.05, 3.63) is 6.33 Å². The van der Waals surface area contributed by atoms with Crippen molar-refractivity contribution in [3.63, 3.8) is 0 Å². The number of aromatic nitrogens is 3. The van der Waals surface area contributed by atoms with Crippen LogP contribution in [0.1, 0.15) is 19.8 Å². The molecule has 4 rings (SSSR count). The van der Waals surface area contributed by atoms with Crippen LogP contribution in [-0.2, 0) is 26.2 Å². The van der Waals surface area contributed by atoms with Gasteiger partial charge in [0.15, 0.2) is 0 Å². The van der Waals surface area contributed by atoms with Gasteiger partial charge in [0.05, 0.1) is 24.0 Å². The average molecular weight is 319 g/mol. The number of nitrogens with one attached hydrogen (secondary N) is 1. The fourth-order valence-electron chi connectivity index (χ4n) is 3.86. The molecule has 4 heterocycles. The lowest BCUT2D eigenvalue weighted by Crippen LogP contribution is -2.47. The Morgan fingerprint density at radius 1 is 1.30 bits per heavy atom. The van der Waals surface area contributed by atoms with Crippen molar-refractivity contribution in [1.29, 1.82) is 0 Å². The van der Waals surface area contributed by atoms with E-state index in [0.29, 0.717) is 0 Å². The van der Waals surface area contributed by atoms with Gasteiger partial charge >= 0.3 is 0 Å². The van der Waals surface area contributed by atoms with Gasteiger partial charge in [0.25, 0.3) is 0 Å². The largest absolute Gasteiger partial charge is 0.373 e. The first-order chi connectivity index (χ1) is 11.0. The highest BCUT2D eigenvalue weighted by Crippen LogP contribution is 2.48. The number of amides is 3. The van der Waals surface area contributed by atoms with E-state index < -0.39 is 23.8 Å². The molecule has 0 saturated carbocycles. The molecule has 3 fully saturated rings. The van der Waals surface area contributed by atoms with Crippen LogP contribution >= 0.6 is 0 Å². The number of ether oxygens (including phenoxy) is 1. The van der Waals surface area contributed by atoms with Gasteiger partial charge in [0.2, 0.25) is 23.7 Å². The summed E-state index contributed by atoms with van der Waals surface area (Å²) in [7, 11) is 1.64. The van der Waals surface area contributed by atoms with E-state index in [1.807, 2.05) is 0 Å². The predicted octanol–water partition coefficient (Wildman–Crippen LogP) is -0.695. The van der Waals surface area contributed by atoms with Crippen molar-refractivity contribution in [2.24, 2.45) is 18.9 Å². The van der Waals surface area contributed by atoms with E-state index in [0.717, 1.165) is 17.7 Å². The molecule has 1 aromatic rings. The summed E-state index contributed by atoms with van der Waals surface area (Å²) in [6.45, 7) is 1.55. The molecule has 122 valence electrons. The number of carbonyl (C=O) groups excluding carboxylic acids is 3. The molecule has 23 heavy (non-hydrogen) atoms. The molecule has 1 N–H and O–H groups in total. The molecule has 0 aliphatic carbocycles. The quantitative estimate of drug-likeness (QED) is 0.739. The number of imide groups is 1. The number of rotatable bonds is 3. The SMILES string of the molecule is CC(C(=O)Nc1ncnn1C)N1C(=O)C2C3CCC(O3)C2C1=O. The molecule has 3 aliphatic rings. The van der Waals surface area contributed by atoms with Gasteiger partial charge < -0.3 is 4.74 Å². The molecular formula is C14H17N5O4. The highest BCUT2D eigenvalue weighted by Gasteiger charge is 2.63. The molecule has 3 saturated heterocycles. The van der Waals surface area contributed by atoms with Crippen LogP contribution in [0.4, 0.5) is 5.95 Å². The van der Waals surface area contributed by atoms with Gasteiger partial charge in [-0.15, -0.1) is 0 Å². The number of likely N-dealkylation sites (tertiary alicyclic amines) is 1. The third-order valence-corrected chi connectivity index (χ3v) is 5.03. The zero-order valence-electron chi connectivity index (χ0n) is 12.8. The van der Waals surface area contributed by atoms with Gasteiger partial charge in [-0.2, -0.15) is 10.1 Å². The zero-order valence-corrected chi connectivity index (χ0v) is 12.8. The molecule has 9 heteroatoms. The Hall–Kier alpha value is -2.29. The molecule has 3 aliphatic heterocycles. The van der Waals surface area contributed by atoms with E-state index in [1.165, 1.54) is 11.0 Å². The van der Waals surface area contributed by atoms with E-state index in [-0.39, 0.29) is 30.0 Å². The second kappa shape index (κ2) is 4.85. The van der Waals surface area contributed by atoms with Crippen LogP contribution in [0.2, 0.25) is 0 Å². The predicted molar refractivity (Wildman–Crippen MR) is 75.8 cm³/mol. The smallest absolute Gasteiger partial charge is 0.249 e. The van der Waals surface area contributed by atoms with Crippen LogP contribution in [0.5, 0.6) is 0 Å². The molecule has 9 nitrogen and oxygen atoms in total. The Kier molecular flexibility index (Phi) is 3.02. The summed E-state index contributed by atoms with van der Waals surface area (Å²) >= 11 is 0. The van der Waals surface area contributed by atoms with E-state index in [2.05, 4.69) is 15.4 Å². The number of hydrogen-bond donors (Lipinski definition) is 1. The van der Waals surface area contributed by atoms with E-state index in [9.17, 15) is 14.4 Å². The van der Waals surface area contributed by atoms with Crippen LogP contribution in [0, 0.1) is 11.8 Å². The number of anilines is 1. The first-order valence-electron chi connectivity index (χ1n) is 7.66. The first-order valence-corrected chi connectivity index (χ1v) is 7.66. The van der Waals surface area contributed by atoms with Gasteiger partial charge in [0.1, 0.15) is 12.4 Å². The van der Waals surface area contributed by atoms with Crippen molar-refractivity contribution in [2.75, 3.05) is 5.32 Å². The molecule has 5 atom stereocenters. The molecule has 0 aromatic carbocycles. The highest BCUT2D eigenvalue weighted by atomic mass is 16.5. The number of nitrogens with zero attached hydrogens (tertiary/aromatic N) is 4. The first kappa shape index (κ1) is 14.3. The number of fused-ring (bicyclic) bond motifs is 5. The lowest BCUT2D eigenvalue weighted by atomic mass is 9.81. The number of aryl methyl sites for hydroxylation is 1. The van der Waals surface area contributed by atoms with Crippen molar-refractivity contribution in [2.45, 2.75) is 38.0 Å². The highest BCUT2D eigenvalue weighted by molar-refractivity contribution is 6.10. The second-order valence-corrected chi connectivity index (χ2v) is 6.26. The van der Waals surface area contributed by atoms with Crippen molar-refractivity contribution >= 4 is 23.7 Å². The normalized spacial score (nSPS) is 33.2. The van der Waals surface area contributed by atoms with Crippen LogP contribution in [0.15, 0.2) is 6.33 Å². The third-order valence-electron chi connectivity index (χ3n) is 5.03. The topological polar surface area (TPSA) is 106 Å². The standard InChI is InChI=1S/C14H17N5O4/c1-6(11(20)17-14-15-5-16-18(14)2)19-12(21)9-7-3-4-8(23-7)10(9)13(19)22/h5-10H,3-4H2,1-2H3,(H,15,16,17,20).